The maximum Gasteiger partial charge on any atom is 0.240 e. The number of primary sulfonamides is 1. The van der Waals surface area contributed by atoms with Crippen molar-refractivity contribution in [3.05, 3.63) is 59.9 Å². The summed E-state index contributed by atoms with van der Waals surface area (Å²) in [5.74, 6) is -0.842. The average Bonchev–Trinajstić information content (AvgIpc) is 2.58. The van der Waals surface area contributed by atoms with Crippen LogP contribution in [0.25, 0.3) is 0 Å². The highest BCUT2D eigenvalue weighted by Gasteiger charge is 2.17. The SMILES string of the molecule is NS(=O)(=O)c1cccc(S(=O)(=O)NCCNC(=O)Cc2cccc(F)c2)c1. The fraction of sp³-hybridized carbons (Fsp3) is 0.188. The largest absolute Gasteiger partial charge is 0.355 e. The van der Waals surface area contributed by atoms with Crippen molar-refractivity contribution >= 4 is 26.0 Å². The molecule has 0 aliphatic carbocycles. The molecule has 0 radical (unpaired) electrons. The van der Waals surface area contributed by atoms with Gasteiger partial charge in [0.05, 0.1) is 16.2 Å². The number of hydrogen-bond acceptors (Lipinski definition) is 5. The molecule has 0 fully saturated rings. The molecule has 2 rings (SSSR count). The number of nitrogens with one attached hydrogen (secondary N) is 2. The van der Waals surface area contributed by atoms with Gasteiger partial charge in [-0.15, -0.1) is 0 Å². The summed E-state index contributed by atoms with van der Waals surface area (Å²) >= 11 is 0. The number of carbonyl (C=O) groups excluding carboxylic acids is 1. The van der Waals surface area contributed by atoms with Crippen molar-refractivity contribution in [3.8, 4) is 0 Å². The maximum absolute atomic E-state index is 13.1. The van der Waals surface area contributed by atoms with Crippen LogP contribution in [-0.4, -0.2) is 35.8 Å². The van der Waals surface area contributed by atoms with Gasteiger partial charge in [0.15, 0.2) is 0 Å². The van der Waals surface area contributed by atoms with E-state index in [1.807, 2.05) is 0 Å². The summed E-state index contributed by atoms with van der Waals surface area (Å²) in [7, 11) is -8.01. The zero-order valence-electron chi connectivity index (χ0n) is 14.1. The quantitative estimate of drug-likeness (QED) is 0.526. The summed E-state index contributed by atoms with van der Waals surface area (Å²) in [6.07, 6.45) is -0.0408. The molecule has 1 amide bonds. The Hall–Kier alpha value is -2.34. The Kier molecular flexibility index (Phi) is 6.65. The minimum atomic E-state index is -4.03. The lowest BCUT2D eigenvalue weighted by Gasteiger charge is -2.09. The van der Waals surface area contributed by atoms with Crippen molar-refractivity contribution in [3.63, 3.8) is 0 Å². The highest BCUT2D eigenvalue weighted by atomic mass is 32.2. The van der Waals surface area contributed by atoms with Crippen LogP contribution in [0.1, 0.15) is 5.56 Å². The molecule has 4 N–H and O–H groups in total. The minimum Gasteiger partial charge on any atom is -0.355 e. The van der Waals surface area contributed by atoms with Crippen LogP contribution in [0, 0.1) is 5.82 Å². The number of sulfonamides is 2. The summed E-state index contributed by atoms with van der Waals surface area (Å²) in [5, 5.41) is 7.49. The summed E-state index contributed by atoms with van der Waals surface area (Å²) in [6, 6.07) is 10.2. The summed E-state index contributed by atoms with van der Waals surface area (Å²) in [5.41, 5.74) is 0.493. The van der Waals surface area contributed by atoms with Crippen molar-refractivity contribution in [1.29, 1.82) is 0 Å². The predicted molar refractivity (Wildman–Crippen MR) is 96.1 cm³/mol. The Morgan fingerprint density at radius 2 is 1.63 bits per heavy atom. The van der Waals surface area contributed by atoms with Crippen LogP contribution in [0.2, 0.25) is 0 Å². The van der Waals surface area contributed by atoms with E-state index in [0.29, 0.717) is 5.56 Å². The van der Waals surface area contributed by atoms with Gasteiger partial charge in [-0.3, -0.25) is 4.79 Å². The Labute approximate surface area is 156 Å². The van der Waals surface area contributed by atoms with Crippen molar-refractivity contribution in [2.75, 3.05) is 13.1 Å². The zero-order valence-corrected chi connectivity index (χ0v) is 15.7. The molecule has 27 heavy (non-hydrogen) atoms. The average molecular weight is 415 g/mol. The van der Waals surface area contributed by atoms with Gasteiger partial charge in [-0.2, -0.15) is 0 Å². The minimum absolute atomic E-state index is 0.00224. The molecule has 0 aromatic heterocycles. The molecule has 0 saturated heterocycles. The van der Waals surface area contributed by atoms with Crippen LogP contribution >= 0.6 is 0 Å². The second-order valence-electron chi connectivity index (χ2n) is 5.57. The Morgan fingerprint density at radius 3 is 2.30 bits per heavy atom. The van der Waals surface area contributed by atoms with Crippen LogP contribution in [0.3, 0.4) is 0 Å². The van der Waals surface area contributed by atoms with Crippen LogP contribution in [0.15, 0.2) is 58.3 Å². The van der Waals surface area contributed by atoms with Crippen LogP contribution in [0.4, 0.5) is 4.39 Å². The van der Waals surface area contributed by atoms with E-state index in [1.165, 1.54) is 36.4 Å². The second kappa shape index (κ2) is 8.57. The van der Waals surface area contributed by atoms with Crippen molar-refractivity contribution in [1.82, 2.24) is 10.0 Å². The predicted octanol–water partition coefficient (Wildman–Crippen LogP) is 0.110. The zero-order chi connectivity index (χ0) is 20.1. The molecule has 2 aromatic carbocycles. The van der Waals surface area contributed by atoms with Crippen LogP contribution in [-0.2, 0) is 31.3 Å². The third-order valence-corrected chi connectivity index (χ3v) is 5.81. The van der Waals surface area contributed by atoms with E-state index >= 15 is 0 Å². The molecule has 0 bridgehead atoms. The topological polar surface area (TPSA) is 135 Å². The molecule has 0 unspecified atom stereocenters. The third-order valence-electron chi connectivity index (χ3n) is 3.44. The molecule has 8 nitrogen and oxygen atoms in total. The summed E-state index contributed by atoms with van der Waals surface area (Å²) in [6.45, 7) is -0.112. The van der Waals surface area contributed by atoms with Gasteiger partial charge in [0.2, 0.25) is 26.0 Å². The fourth-order valence-electron chi connectivity index (χ4n) is 2.18. The number of nitrogens with two attached hydrogens (primary N) is 1. The third kappa shape index (κ3) is 6.40. The van der Waals surface area contributed by atoms with E-state index in [2.05, 4.69) is 10.0 Å². The molecule has 0 saturated carbocycles. The smallest absolute Gasteiger partial charge is 0.240 e. The molecule has 0 aliphatic heterocycles. The lowest BCUT2D eigenvalue weighted by molar-refractivity contribution is -0.120. The first kappa shape index (κ1) is 21.0. The van der Waals surface area contributed by atoms with E-state index in [4.69, 9.17) is 5.14 Å². The first-order valence-electron chi connectivity index (χ1n) is 7.71. The van der Waals surface area contributed by atoms with Crippen molar-refractivity contribution in [2.24, 2.45) is 5.14 Å². The molecule has 11 heteroatoms. The molecular weight excluding hydrogens is 397 g/mol. The van der Waals surface area contributed by atoms with Gasteiger partial charge in [0, 0.05) is 13.1 Å². The van der Waals surface area contributed by atoms with Gasteiger partial charge in [-0.05, 0) is 35.9 Å². The van der Waals surface area contributed by atoms with E-state index in [1.54, 1.807) is 6.07 Å². The number of carbonyl (C=O) groups is 1. The van der Waals surface area contributed by atoms with E-state index in [9.17, 15) is 26.0 Å². The first-order chi connectivity index (χ1) is 12.6. The number of rotatable bonds is 8. The van der Waals surface area contributed by atoms with Gasteiger partial charge in [-0.1, -0.05) is 18.2 Å². The Bertz CT molecular complexity index is 1040. The molecular formula is C16H18FN3O5S2. The van der Waals surface area contributed by atoms with Gasteiger partial charge >= 0.3 is 0 Å². The molecule has 0 spiro atoms. The number of amides is 1. The van der Waals surface area contributed by atoms with Gasteiger partial charge in [-0.25, -0.2) is 31.1 Å². The molecule has 0 aliphatic rings. The monoisotopic (exact) mass is 415 g/mol. The normalized spacial score (nSPS) is 11.9. The van der Waals surface area contributed by atoms with E-state index < -0.39 is 31.8 Å². The lowest BCUT2D eigenvalue weighted by Crippen LogP contribution is -2.35. The van der Waals surface area contributed by atoms with Crippen molar-refractivity contribution in [2.45, 2.75) is 16.2 Å². The van der Waals surface area contributed by atoms with Gasteiger partial charge in [0.25, 0.3) is 0 Å². The van der Waals surface area contributed by atoms with Crippen LogP contribution in [0.5, 0.6) is 0 Å². The number of halogens is 1. The van der Waals surface area contributed by atoms with Crippen LogP contribution < -0.4 is 15.2 Å². The van der Waals surface area contributed by atoms with Gasteiger partial charge in [0.1, 0.15) is 5.82 Å². The first-order valence-corrected chi connectivity index (χ1v) is 10.7. The fourth-order valence-corrected chi connectivity index (χ4v) is 3.90. The molecule has 0 atom stereocenters. The van der Waals surface area contributed by atoms with E-state index in [0.717, 1.165) is 6.07 Å². The number of hydrogen-bond donors (Lipinski definition) is 3. The molecule has 2 aromatic rings. The Morgan fingerprint density at radius 1 is 0.963 bits per heavy atom. The molecule has 146 valence electrons. The highest BCUT2D eigenvalue weighted by molar-refractivity contribution is 7.90. The van der Waals surface area contributed by atoms with E-state index in [-0.39, 0.29) is 29.3 Å². The standard InChI is InChI=1S/C16H18FN3O5S2/c17-13-4-1-3-12(9-13)10-16(21)19-7-8-20-27(24,25)15-6-2-5-14(11-15)26(18,22)23/h1-6,9,11,20H,7-8,10H2,(H,19,21)(H2,18,22,23). The summed E-state index contributed by atoms with van der Waals surface area (Å²) in [4.78, 5) is 11.2. The maximum atomic E-state index is 13.1. The highest BCUT2D eigenvalue weighted by Crippen LogP contribution is 2.14. The molecule has 0 heterocycles. The lowest BCUT2D eigenvalue weighted by atomic mass is 10.1. The summed E-state index contributed by atoms with van der Waals surface area (Å²) < 4.78 is 62.3. The Balaban J connectivity index is 1.88. The number of benzene rings is 2. The van der Waals surface area contributed by atoms with Crippen molar-refractivity contribution < 1.29 is 26.0 Å². The van der Waals surface area contributed by atoms with Gasteiger partial charge < -0.3 is 5.32 Å². The second-order valence-corrected chi connectivity index (χ2v) is 8.90.